The third kappa shape index (κ3) is 2.90. The van der Waals surface area contributed by atoms with E-state index in [0.717, 1.165) is 4.88 Å². The van der Waals surface area contributed by atoms with Crippen molar-refractivity contribution in [2.45, 2.75) is 18.8 Å². The van der Waals surface area contributed by atoms with Crippen molar-refractivity contribution in [2.24, 2.45) is 0 Å². The van der Waals surface area contributed by atoms with Crippen molar-refractivity contribution in [1.82, 2.24) is 9.55 Å². The van der Waals surface area contributed by atoms with Crippen molar-refractivity contribution in [2.75, 3.05) is 0 Å². The van der Waals surface area contributed by atoms with E-state index in [1.807, 2.05) is 23.6 Å². The van der Waals surface area contributed by atoms with Crippen LogP contribution in [-0.4, -0.2) is 9.55 Å². The lowest BCUT2D eigenvalue weighted by atomic mass is 10.3. The normalized spacial score (nSPS) is 13.0. The summed E-state index contributed by atoms with van der Waals surface area (Å²) >= 11 is 19.5. The van der Waals surface area contributed by atoms with Gasteiger partial charge in [0.1, 0.15) is 11.6 Å². The SMILES string of the molecule is CC(Cl)c1nc2cc(Cl)c(F)cc2n1Cc1ccc(Cl)s1. The van der Waals surface area contributed by atoms with E-state index >= 15 is 0 Å². The Hall–Kier alpha value is -0.810. The van der Waals surface area contributed by atoms with Crippen LogP contribution in [0.15, 0.2) is 24.3 Å². The maximum absolute atomic E-state index is 13.8. The van der Waals surface area contributed by atoms with Crippen LogP contribution < -0.4 is 0 Å². The molecule has 0 saturated heterocycles. The molecule has 0 N–H and O–H groups in total. The second-order valence-corrected chi connectivity index (χ2v) is 7.49. The number of halogens is 4. The van der Waals surface area contributed by atoms with Gasteiger partial charge in [-0.1, -0.05) is 23.2 Å². The van der Waals surface area contributed by atoms with E-state index in [1.165, 1.54) is 23.5 Å². The number of aromatic nitrogens is 2. The van der Waals surface area contributed by atoms with Crippen LogP contribution in [0.4, 0.5) is 4.39 Å². The summed E-state index contributed by atoms with van der Waals surface area (Å²) in [5, 5.41) is -0.241. The lowest BCUT2D eigenvalue weighted by Crippen LogP contribution is -2.04. The second kappa shape index (κ2) is 5.76. The third-order valence-corrected chi connectivity index (χ3v) is 4.82. The Balaban J connectivity index is 2.17. The van der Waals surface area contributed by atoms with E-state index < -0.39 is 5.82 Å². The summed E-state index contributed by atoms with van der Waals surface area (Å²) in [5.41, 5.74) is 1.30. The van der Waals surface area contributed by atoms with Crippen LogP contribution in [0, 0.1) is 5.82 Å². The van der Waals surface area contributed by atoms with E-state index in [0.29, 0.717) is 27.7 Å². The topological polar surface area (TPSA) is 17.8 Å². The van der Waals surface area contributed by atoms with Crippen LogP contribution in [0.2, 0.25) is 9.36 Å². The van der Waals surface area contributed by atoms with Gasteiger partial charge in [-0.2, -0.15) is 0 Å². The molecule has 2 heterocycles. The molecule has 1 unspecified atom stereocenters. The van der Waals surface area contributed by atoms with Crippen LogP contribution >= 0.6 is 46.1 Å². The molecule has 1 atom stereocenters. The van der Waals surface area contributed by atoms with Gasteiger partial charge in [-0.25, -0.2) is 9.37 Å². The van der Waals surface area contributed by atoms with Crippen LogP contribution in [-0.2, 0) is 6.54 Å². The zero-order valence-electron chi connectivity index (χ0n) is 10.9. The molecule has 0 fully saturated rings. The number of benzene rings is 1. The van der Waals surface area contributed by atoms with Gasteiger partial charge in [0.2, 0.25) is 0 Å². The van der Waals surface area contributed by atoms with Gasteiger partial charge in [0.05, 0.1) is 32.3 Å². The Morgan fingerprint density at radius 2 is 2.10 bits per heavy atom. The summed E-state index contributed by atoms with van der Waals surface area (Å²) in [6, 6.07) is 6.69. The van der Waals surface area contributed by atoms with E-state index in [4.69, 9.17) is 34.8 Å². The van der Waals surface area contributed by atoms with Crippen LogP contribution in [0.25, 0.3) is 11.0 Å². The molecule has 0 aliphatic carbocycles. The quantitative estimate of drug-likeness (QED) is 0.530. The highest BCUT2D eigenvalue weighted by Crippen LogP contribution is 2.30. The minimum Gasteiger partial charge on any atom is -0.321 e. The molecule has 3 rings (SSSR count). The minimum atomic E-state index is -0.469. The fourth-order valence-electron chi connectivity index (χ4n) is 2.20. The van der Waals surface area contributed by atoms with Crippen molar-refractivity contribution >= 4 is 57.2 Å². The van der Waals surface area contributed by atoms with Crippen LogP contribution in [0.1, 0.15) is 23.0 Å². The first-order valence-corrected chi connectivity index (χ1v) is 8.20. The molecule has 2 aromatic heterocycles. The Kier molecular flexibility index (Phi) is 4.14. The molecule has 110 valence electrons. The van der Waals surface area contributed by atoms with Crippen molar-refractivity contribution in [3.63, 3.8) is 0 Å². The van der Waals surface area contributed by atoms with Crippen LogP contribution in [0.5, 0.6) is 0 Å². The largest absolute Gasteiger partial charge is 0.321 e. The van der Waals surface area contributed by atoms with Gasteiger partial charge < -0.3 is 4.57 Å². The molecule has 0 spiro atoms. The summed E-state index contributed by atoms with van der Waals surface area (Å²) < 4.78 is 16.4. The van der Waals surface area contributed by atoms with Crippen molar-refractivity contribution in [1.29, 1.82) is 0 Å². The molecular weight excluding hydrogens is 354 g/mol. The Morgan fingerprint density at radius 1 is 1.33 bits per heavy atom. The third-order valence-electron chi connectivity index (χ3n) is 3.12. The van der Waals surface area contributed by atoms with Crippen molar-refractivity contribution in [3.8, 4) is 0 Å². The molecule has 0 amide bonds. The molecule has 0 saturated carbocycles. The second-order valence-electron chi connectivity index (χ2n) is 4.63. The summed E-state index contributed by atoms with van der Waals surface area (Å²) in [7, 11) is 0. The smallest absolute Gasteiger partial charge is 0.144 e. The van der Waals surface area contributed by atoms with E-state index in [1.54, 1.807) is 0 Å². The number of thiophene rings is 1. The maximum atomic E-state index is 13.8. The van der Waals surface area contributed by atoms with Gasteiger partial charge >= 0.3 is 0 Å². The predicted octanol–water partition coefficient (Wildman–Crippen LogP) is 5.89. The Bertz CT molecular complexity index is 810. The highest BCUT2D eigenvalue weighted by molar-refractivity contribution is 7.16. The first kappa shape index (κ1) is 15.1. The van der Waals surface area contributed by atoms with Crippen molar-refractivity contribution in [3.05, 3.63) is 50.1 Å². The van der Waals surface area contributed by atoms with Gasteiger partial charge in [-0.15, -0.1) is 22.9 Å². The maximum Gasteiger partial charge on any atom is 0.144 e. The summed E-state index contributed by atoms with van der Waals surface area (Å²) in [5.74, 6) is 0.209. The first-order chi connectivity index (χ1) is 9.95. The standard InChI is InChI=1S/C14H10Cl3FN2S/c1-7(15)14-19-11-4-9(16)10(18)5-12(11)20(14)6-8-2-3-13(17)21-8/h2-5,7H,6H2,1H3. The van der Waals surface area contributed by atoms with Crippen molar-refractivity contribution < 1.29 is 4.39 Å². The lowest BCUT2D eigenvalue weighted by molar-refractivity contribution is 0.628. The monoisotopic (exact) mass is 362 g/mol. The first-order valence-electron chi connectivity index (χ1n) is 6.19. The molecule has 21 heavy (non-hydrogen) atoms. The number of fused-ring (bicyclic) bond motifs is 1. The van der Waals surface area contributed by atoms with Gasteiger partial charge in [0.25, 0.3) is 0 Å². The van der Waals surface area contributed by atoms with E-state index in [9.17, 15) is 4.39 Å². The average Bonchev–Trinajstić information content (AvgIpc) is 2.96. The molecule has 0 radical (unpaired) electrons. The van der Waals surface area contributed by atoms with Gasteiger partial charge in [0.15, 0.2) is 0 Å². The molecule has 0 bridgehead atoms. The molecule has 0 aliphatic rings. The number of hydrogen-bond donors (Lipinski definition) is 0. The lowest BCUT2D eigenvalue weighted by Gasteiger charge is -2.09. The summed E-state index contributed by atoms with van der Waals surface area (Å²) in [6.07, 6.45) is 0. The number of imidazole rings is 1. The molecule has 2 nitrogen and oxygen atoms in total. The highest BCUT2D eigenvalue weighted by atomic mass is 35.5. The zero-order valence-corrected chi connectivity index (χ0v) is 14.0. The van der Waals surface area contributed by atoms with Gasteiger partial charge in [-0.3, -0.25) is 0 Å². The predicted molar refractivity (Wildman–Crippen MR) is 87.4 cm³/mol. The summed E-state index contributed by atoms with van der Waals surface area (Å²) in [6.45, 7) is 2.37. The molecular formula is C14H10Cl3FN2S. The van der Waals surface area contributed by atoms with Crippen LogP contribution in [0.3, 0.4) is 0 Å². The van der Waals surface area contributed by atoms with E-state index in [2.05, 4.69) is 4.98 Å². The Morgan fingerprint density at radius 3 is 2.71 bits per heavy atom. The Labute approximate surface area is 140 Å². The average molecular weight is 364 g/mol. The number of alkyl halides is 1. The van der Waals surface area contributed by atoms with Gasteiger partial charge in [0, 0.05) is 10.9 Å². The number of hydrogen-bond acceptors (Lipinski definition) is 2. The molecule has 1 aromatic carbocycles. The molecule has 7 heteroatoms. The molecule has 0 aliphatic heterocycles. The number of rotatable bonds is 3. The fraction of sp³-hybridized carbons (Fsp3) is 0.214. The molecule has 3 aromatic rings. The van der Waals surface area contributed by atoms with Gasteiger partial charge in [-0.05, 0) is 25.1 Å². The highest BCUT2D eigenvalue weighted by Gasteiger charge is 2.17. The zero-order chi connectivity index (χ0) is 15.1. The minimum absolute atomic E-state index is 0.0556. The fourth-order valence-corrected chi connectivity index (χ4v) is 3.60. The summed E-state index contributed by atoms with van der Waals surface area (Å²) in [4.78, 5) is 5.52. The van der Waals surface area contributed by atoms with E-state index in [-0.39, 0.29) is 10.4 Å². The number of nitrogens with zero attached hydrogens (tertiary/aromatic N) is 2.